The molecule has 2 rings (SSSR count). The lowest BCUT2D eigenvalue weighted by atomic mass is 10.4. The van der Waals surface area contributed by atoms with Gasteiger partial charge in [0.1, 0.15) is 24.7 Å². The van der Waals surface area contributed by atoms with Crippen molar-refractivity contribution in [1.82, 2.24) is 25.4 Å². The molecule has 2 heterocycles. The van der Waals surface area contributed by atoms with Crippen molar-refractivity contribution in [2.45, 2.75) is 32.9 Å². The molecule has 9 heteroatoms. The van der Waals surface area contributed by atoms with Gasteiger partial charge in [-0.2, -0.15) is 11.8 Å². The molecule has 8 nitrogen and oxygen atoms in total. The molecule has 0 bridgehead atoms. The van der Waals surface area contributed by atoms with Gasteiger partial charge >= 0.3 is 0 Å². The molecular weight excluding hydrogens is 364 g/mol. The zero-order chi connectivity index (χ0) is 19.3. The molecule has 0 saturated heterocycles. The van der Waals surface area contributed by atoms with Crippen LogP contribution in [0.25, 0.3) is 0 Å². The lowest BCUT2D eigenvalue weighted by molar-refractivity contribution is 0.105. The number of aromatic nitrogens is 3. The van der Waals surface area contributed by atoms with Gasteiger partial charge in [0, 0.05) is 26.7 Å². The molecule has 2 N–H and O–H groups in total. The number of aryl methyl sites for hydroxylation is 1. The fourth-order valence-corrected chi connectivity index (χ4v) is 2.72. The summed E-state index contributed by atoms with van der Waals surface area (Å²) < 4.78 is 12.8. The van der Waals surface area contributed by atoms with Gasteiger partial charge in [0.2, 0.25) is 0 Å². The Kier molecular flexibility index (Phi) is 9.78. The molecule has 0 fully saturated rings. The number of hydrogen-bond donors (Lipinski definition) is 2. The van der Waals surface area contributed by atoms with Crippen molar-refractivity contribution >= 4 is 17.7 Å². The van der Waals surface area contributed by atoms with Crippen LogP contribution >= 0.6 is 11.8 Å². The first kappa shape index (κ1) is 21.3. The first-order valence-corrected chi connectivity index (χ1v) is 10.6. The highest BCUT2D eigenvalue weighted by Crippen LogP contribution is 2.02. The zero-order valence-corrected chi connectivity index (χ0v) is 17.2. The molecule has 2 aromatic rings. The van der Waals surface area contributed by atoms with Gasteiger partial charge in [-0.1, -0.05) is 0 Å². The van der Waals surface area contributed by atoms with E-state index in [1.165, 1.54) is 0 Å². The van der Waals surface area contributed by atoms with Crippen molar-refractivity contribution in [3.05, 3.63) is 35.8 Å². The number of guanidine groups is 1. The third-order valence-electron chi connectivity index (χ3n) is 3.96. The summed E-state index contributed by atoms with van der Waals surface area (Å²) in [5.41, 5.74) is 0. The van der Waals surface area contributed by atoms with Crippen LogP contribution in [0, 0.1) is 6.92 Å². The van der Waals surface area contributed by atoms with Crippen LogP contribution in [0.2, 0.25) is 0 Å². The van der Waals surface area contributed by atoms with E-state index < -0.39 is 0 Å². The molecule has 150 valence electrons. The van der Waals surface area contributed by atoms with Gasteiger partial charge in [-0.3, -0.25) is 0 Å². The van der Waals surface area contributed by atoms with Gasteiger partial charge < -0.3 is 24.4 Å². The van der Waals surface area contributed by atoms with Crippen LogP contribution < -0.4 is 10.6 Å². The number of thioether (sulfide) groups is 1. The van der Waals surface area contributed by atoms with E-state index >= 15 is 0 Å². The molecule has 0 spiro atoms. The molecule has 0 atom stereocenters. The molecule has 2 aromatic heterocycles. The minimum Gasteiger partial charge on any atom is -0.467 e. The number of nitrogens with one attached hydrogen (secondary N) is 2. The highest BCUT2D eigenvalue weighted by molar-refractivity contribution is 7.98. The van der Waals surface area contributed by atoms with E-state index in [-0.39, 0.29) is 0 Å². The van der Waals surface area contributed by atoms with E-state index in [0.29, 0.717) is 19.8 Å². The van der Waals surface area contributed by atoms with Crippen LogP contribution in [0.1, 0.15) is 30.3 Å². The molecule has 0 aliphatic heterocycles. The summed E-state index contributed by atoms with van der Waals surface area (Å²) in [7, 11) is 1.95. The summed E-state index contributed by atoms with van der Waals surface area (Å²) in [5.74, 6) is 4.50. The Morgan fingerprint density at radius 2 is 2.11 bits per heavy atom. The van der Waals surface area contributed by atoms with Gasteiger partial charge in [0.15, 0.2) is 11.8 Å². The van der Waals surface area contributed by atoms with E-state index in [1.807, 2.05) is 42.4 Å². The normalized spacial score (nSPS) is 11.7. The molecule has 0 radical (unpaired) electrons. The van der Waals surface area contributed by atoms with E-state index in [0.717, 1.165) is 55.1 Å². The summed E-state index contributed by atoms with van der Waals surface area (Å²) >= 11 is 1.85. The maximum Gasteiger partial charge on any atom is 0.191 e. The van der Waals surface area contributed by atoms with Crippen molar-refractivity contribution in [2.24, 2.45) is 12.0 Å². The van der Waals surface area contributed by atoms with Crippen molar-refractivity contribution < 1.29 is 9.15 Å². The quantitative estimate of drug-likeness (QED) is 0.324. The zero-order valence-electron chi connectivity index (χ0n) is 16.4. The Labute approximate surface area is 165 Å². The first-order chi connectivity index (χ1) is 13.2. The molecule has 0 aromatic carbocycles. The fraction of sp³-hybridized carbons (Fsp3) is 0.611. The molecule has 0 aliphatic carbocycles. The van der Waals surface area contributed by atoms with Crippen LogP contribution in [0.15, 0.2) is 27.8 Å². The summed E-state index contributed by atoms with van der Waals surface area (Å²) in [4.78, 5) is 4.63. The van der Waals surface area contributed by atoms with Crippen LogP contribution in [-0.4, -0.2) is 52.4 Å². The number of aliphatic imine (C=N–C) groups is 1. The number of hydrogen-bond acceptors (Lipinski definition) is 6. The lowest BCUT2D eigenvalue weighted by Crippen LogP contribution is -2.39. The molecule has 0 unspecified atom stereocenters. The largest absolute Gasteiger partial charge is 0.467 e. The van der Waals surface area contributed by atoms with Crippen LogP contribution in [-0.2, 0) is 24.9 Å². The maximum atomic E-state index is 5.60. The smallest absolute Gasteiger partial charge is 0.191 e. The fourth-order valence-electron chi connectivity index (χ4n) is 2.28. The summed E-state index contributed by atoms with van der Waals surface area (Å²) in [6.07, 6.45) is 5.75. The van der Waals surface area contributed by atoms with Crippen molar-refractivity contribution in [2.75, 3.05) is 31.7 Å². The Hall–Kier alpha value is -2.00. The predicted molar refractivity (Wildman–Crippen MR) is 109 cm³/mol. The monoisotopic (exact) mass is 394 g/mol. The molecular formula is C18H30N6O2S. The number of ether oxygens (including phenoxy) is 1. The highest BCUT2D eigenvalue weighted by atomic mass is 32.2. The minimum atomic E-state index is 0.490. The van der Waals surface area contributed by atoms with E-state index in [1.54, 1.807) is 6.26 Å². The van der Waals surface area contributed by atoms with Crippen LogP contribution in [0.5, 0.6) is 0 Å². The topological polar surface area (TPSA) is 89.5 Å². The summed E-state index contributed by atoms with van der Waals surface area (Å²) in [6, 6.07) is 3.78. The Balaban J connectivity index is 1.73. The average molecular weight is 395 g/mol. The lowest BCUT2D eigenvalue weighted by Gasteiger charge is -2.12. The van der Waals surface area contributed by atoms with Gasteiger partial charge in [0.25, 0.3) is 0 Å². The van der Waals surface area contributed by atoms with E-state index in [4.69, 9.17) is 9.15 Å². The van der Waals surface area contributed by atoms with Gasteiger partial charge in [-0.05, 0) is 43.9 Å². The Morgan fingerprint density at radius 1 is 1.30 bits per heavy atom. The number of rotatable bonds is 12. The van der Waals surface area contributed by atoms with Crippen LogP contribution in [0.3, 0.4) is 0 Å². The first-order valence-electron chi connectivity index (χ1n) is 9.17. The maximum absolute atomic E-state index is 5.60. The van der Waals surface area contributed by atoms with Gasteiger partial charge in [-0.25, -0.2) is 4.99 Å². The van der Waals surface area contributed by atoms with E-state index in [2.05, 4.69) is 32.1 Å². The van der Waals surface area contributed by atoms with E-state index in [9.17, 15) is 0 Å². The minimum absolute atomic E-state index is 0.490. The second kappa shape index (κ2) is 12.4. The van der Waals surface area contributed by atoms with Gasteiger partial charge in [0.05, 0.1) is 6.26 Å². The number of nitrogens with zero attached hydrogens (tertiary/aromatic N) is 4. The molecule has 0 saturated carbocycles. The third kappa shape index (κ3) is 8.04. The molecule has 0 amide bonds. The highest BCUT2D eigenvalue weighted by Gasteiger charge is 2.05. The predicted octanol–water partition coefficient (Wildman–Crippen LogP) is 2.11. The van der Waals surface area contributed by atoms with Crippen molar-refractivity contribution in [1.29, 1.82) is 0 Å². The summed E-state index contributed by atoms with van der Waals surface area (Å²) in [5, 5.41) is 15.0. The standard InChI is InChI=1S/C18H30N6O2S/c1-15-22-23-17(24(15)2)13-21-18(20-9-6-12-27-3)19-8-5-10-25-14-16-7-4-11-26-16/h4,7,11H,5-6,8-10,12-14H2,1-3H3,(H2,19,20,21). The molecule has 0 aliphatic rings. The third-order valence-corrected chi connectivity index (χ3v) is 4.66. The Bertz CT molecular complexity index is 671. The van der Waals surface area contributed by atoms with Crippen molar-refractivity contribution in [3.63, 3.8) is 0 Å². The SMILES string of the molecule is CSCCCNC(=NCc1nnc(C)n1C)NCCCOCc1ccco1. The second-order valence-electron chi connectivity index (χ2n) is 6.07. The average Bonchev–Trinajstić information content (AvgIpc) is 3.30. The van der Waals surface area contributed by atoms with Gasteiger partial charge in [-0.15, -0.1) is 10.2 Å². The second-order valence-corrected chi connectivity index (χ2v) is 7.06. The van der Waals surface area contributed by atoms with Crippen LogP contribution in [0.4, 0.5) is 0 Å². The molecule has 27 heavy (non-hydrogen) atoms. The summed E-state index contributed by atoms with van der Waals surface area (Å²) in [6.45, 7) is 5.26. The Morgan fingerprint density at radius 3 is 2.78 bits per heavy atom. The van der Waals surface area contributed by atoms with Crippen molar-refractivity contribution in [3.8, 4) is 0 Å². The number of furan rings is 1.